The molecule has 0 bridgehead atoms. The summed E-state index contributed by atoms with van der Waals surface area (Å²) in [5, 5.41) is 11.0. The number of fused-ring (bicyclic) bond motifs is 1. The maximum atomic E-state index is 9.62. The molecule has 3 aromatic rings. The van der Waals surface area contributed by atoms with Gasteiger partial charge in [0.1, 0.15) is 11.5 Å². The van der Waals surface area contributed by atoms with Gasteiger partial charge in [-0.1, -0.05) is 18.2 Å². The van der Waals surface area contributed by atoms with E-state index >= 15 is 0 Å². The van der Waals surface area contributed by atoms with Gasteiger partial charge in [-0.25, -0.2) is 0 Å². The van der Waals surface area contributed by atoms with E-state index in [-0.39, 0.29) is 6.61 Å². The average Bonchev–Trinajstić information content (AvgIpc) is 3.28. The van der Waals surface area contributed by atoms with E-state index < -0.39 is 0 Å². The molecule has 0 spiro atoms. The van der Waals surface area contributed by atoms with Crippen molar-refractivity contribution >= 4 is 10.9 Å². The summed E-state index contributed by atoms with van der Waals surface area (Å²) >= 11 is 0. The van der Waals surface area contributed by atoms with Gasteiger partial charge in [0.25, 0.3) is 0 Å². The van der Waals surface area contributed by atoms with Crippen molar-refractivity contribution in [3.8, 4) is 0 Å². The second-order valence-corrected chi connectivity index (χ2v) is 8.56. The number of aliphatic hydroxyl groups is 1. The zero-order valence-electron chi connectivity index (χ0n) is 17.8. The Bertz CT molecular complexity index is 943. The molecule has 1 aromatic carbocycles. The minimum absolute atomic E-state index is 0.221. The summed E-state index contributed by atoms with van der Waals surface area (Å²) in [5.74, 6) is 1.97. The second-order valence-electron chi connectivity index (χ2n) is 8.56. The van der Waals surface area contributed by atoms with Gasteiger partial charge in [0, 0.05) is 62.0 Å². The summed E-state index contributed by atoms with van der Waals surface area (Å²) in [6, 6.07) is 13.6. The van der Waals surface area contributed by atoms with E-state index in [1.54, 1.807) is 0 Å². The third kappa shape index (κ3) is 4.42. The van der Waals surface area contributed by atoms with Crippen LogP contribution in [0.3, 0.4) is 0 Å². The Kier molecular flexibility index (Phi) is 6.09. The molecular weight excluding hydrogens is 362 g/mol. The maximum absolute atomic E-state index is 9.62. The lowest BCUT2D eigenvalue weighted by molar-refractivity contribution is 0.0456. The topological polar surface area (TPSA) is 44.8 Å². The SMILES string of the molecule is Cc1ccc(CN2CCN(Cc3cn(C(C)C)c4ccccc34)C[C@H]2CCO)o1. The van der Waals surface area contributed by atoms with E-state index in [4.69, 9.17) is 4.42 Å². The highest BCUT2D eigenvalue weighted by Gasteiger charge is 2.28. The highest BCUT2D eigenvalue weighted by Crippen LogP contribution is 2.27. The van der Waals surface area contributed by atoms with Crippen LogP contribution in [0.25, 0.3) is 10.9 Å². The lowest BCUT2D eigenvalue weighted by Crippen LogP contribution is -2.52. The fraction of sp³-hybridized carbons (Fsp3) is 0.500. The van der Waals surface area contributed by atoms with E-state index in [1.807, 2.05) is 13.0 Å². The maximum Gasteiger partial charge on any atom is 0.118 e. The second kappa shape index (κ2) is 8.74. The Labute approximate surface area is 173 Å². The van der Waals surface area contributed by atoms with Crippen LogP contribution in [0.5, 0.6) is 0 Å². The number of para-hydroxylation sites is 1. The van der Waals surface area contributed by atoms with Crippen molar-refractivity contribution in [1.29, 1.82) is 0 Å². The van der Waals surface area contributed by atoms with E-state index in [1.165, 1.54) is 16.5 Å². The molecule has 3 heterocycles. The number of nitrogens with zero attached hydrogens (tertiary/aromatic N) is 3. The lowest BCUT2D eigenvalue weighted by atomic mass is 10.1. The molecule has 4 rings (SSSR count). The number of hydrogen-bond acceptors (Lipinski definition) is 4. The van der Waals surface area contributed by atoms with Gasteiger partial charge in [0.15, 0.2) is 0 Å². The summed E-state index contributed by atoms with van der Waals surface area (Å²) in [5.41, 5.74) is 2.71. The molecule has 0 saturated carbocycles. The molecule has 0 radical (unpaired) electrons. The first-order valence-corrected chi connectivity index (χ1v) is 10.8. The summed E-state index contributed by atoms with van der Waals surface area (Å²) in [7, 11) is 0. The monoisotopic (exact) mass is 395 g/mol. The Morgan fingerprint density at radius 2 is 1.93 bits per heavy atom. The van der Waals surface area contributed by atoms with Crippen molar-refractivity contribution in [2.45, 2.75) is 52.4 Å². The largest absolute Gasteiger partial charge is 0.465 e. The van der Waals surface area contributed by atoms with Crippen molar-refractivity contribution in [1.82, 2.24) is 14.4 Å². The van der Waals surface area contributed by atoms with Crippen LogP contribution in [-0.4, -0.2) is 51.8 Å². The van der Waals surface area contributed by atoms with Crippen LogP contribution in [0.1, 0.15) is 43.4 Å². The first-order chi connectivity index (χ1) is 14.0. The minimum atomic E-state index is 0.221. The zero-order valence-corrected chi connectivity index (χ0v) is 17.8. The summed E-state index contributed by atoms with van der Waals surface area (Å²) < 4.78 is 8.17. The predicted molar refractivity (Wildman–Crippen MR) is 117 cm³/mol. The van der Waals surface area contributed by atoms with Gasteiger partial charge in [-0.2, -0.15) is 0 Å². The van der Waals surface area contributed by atoms with Gasteiger partial charge in [-0.05, 0) is 51.0 Å². The number of benzene rings is 1. The number of furan rings is 1. The molecule has 2 aromatic heterocycles. The number of piperazine rings is 1. The van der Waals surface area contributed by atoms with Gasteiger partial charge in [-0.15, -0.1) is 0 Å². The van der Waals surface area contributed by atoms with E-state index in [9.17, 15) is 5.11 Å². The molecule has 0 amide bonds. The van der Waals surface area contributed by atoms with Crippen molar-refractivity contribution in [2.75, 3.05) is 26.2 Å². The Morgan fingerprint density at radius 1 is 1.10 bits per heavy atom. The molecule has 5 heteroatoms. The molecule has 0 aliphatic carbocycles. The summed E-state index contributed by atoms with van der Waals surface area (Å²) in [6.07, 6.45) is 3.12. The van der Waals surface area contributed by atoms with Crippen molar-refractivity contribution in [3.05, 3.63) is 59.7 Å². The number of aromatic nitrogens is 1. The molecule has 1 aliphatic heterocycles. The fourth-order valence-electron chi connectivity index (χ4n) is 4.57. The molecule has 1 atom stereocenters. The highest BCUT2D eigenvalue weighted by molar-refractivity contribution is 5.84. The van der Waals surface area contributed by atoms with Gasteiger partial charge in [0.2, 0.25) is 0 Å². The molecule has 156 valence electrons. The summed E-state index contributed by atoms with van der Waals surface area (Å²) in [4.78, 5) is 5.00. The first-order valence-electron chi connectivity index (χ1n) is 10.8. The molecule has 5 nitrogen and oxygen atoms in total. The van der Waals surface area contributed by atoms with Gasteiger partial charge in [0.05, 0.1) is 6.54 Å². The number of aryl methyl sites for hydroxylation is 1. The van der Waals surface area contributed by atoms with Crippen LogP contribution < -0.4 is 0 Å². The zero-order chi connectivity index (χ0) is 20.4. The van der Waals surface area contributed by atoms with Crippen molar-refractivity contribution in [3.63, 3.8) is 0 Å². The van der Waals surface area contributed by atoms with Crippen molar-refractivity contribution < 1.29 is 9.52 Å². The van der Waals surface area contributed by atoms with Crippen LogP contribution >= 0.6 is 0 Å². The Morgan fingerprint density at radius 3 is 2.66 bits per heavy atom. The number of rotatable bonds is 7. The van der Waals surface area contributed by atoms with Gasteiger partial charge < -0.3 is 14.1 Å². The fourth-order valence-corrected chi connectivity index (χ4v) is 4.57. The van der Waals surface area contributed by atoms with E-state index in [0.717, 1.165) is 50.7 Å². The average molecular weight is 396 g/mol. The minimum Gasteiger partial charge on any atom is -0.465 e. The van der Waals surface area contributed by atoms with Gasteiger partial charge >= 0.3 is 0 Å². The van der Waals surface area contributed by atoms with Crippen LogP contribution in [-0.2, 0) is 13.1 Å². The van der Waals surface area contributed by atoms with E-state index in [2.05, 4.69) is 64.7 Å². The summed E-state index contributed by atoms with van der Waals surface area (Å²) in [6.45, 7) is 11.5. The highest BCUT2D eigenvalue weighted by atomic mass is 16.3. The number of aliphatic hydroxyl groups excluding tert-OH is 1. The Balaban J connectivity index is 1.49. The van der Waals surface area contributed by atoms with Crippen LogP contribution in [0.4, 0.5) is 0 Å². The molecular formula is C24H33N3O2. The molecule has 1 N–H and O–H groups in total. The molecule has 1 saturated heterocycles. The van der Waals surface area contributed by atoms with Crippen LogP contribution in [0, 0.1) is 6.92 Å². The lowest BCUT2D eigenvalue weighted by Gasteiger charge is -2.41. The third-order valence-electron chi connectivity index (χ3n) is 6.08. The molecule has 0 unspecified atom stereocenters. The van der Waals surface area contributed by atoms with E-state index in [0.29, 0.717) is 12.1 Å². The van der Waals surface area contributed by atoms with Gasteiger partial charge in [-0.3, -0.25) is 9.80 Å². The predicted octanol–water partition coefficient (Wildman–Crippen LogP) is 4.19. The normalized spacial score (nSPS) is 18.9. The smallest absolute Gasteiger partial charge is 0.118 e. The third-order valence-corrected chi connectivity index (χ3v) is 6.08. The molecule has 1 fully saturated rings. The Hall–Kier alpha value is -2.08. The molecule has 1 aliphatic rings. The quantitative estimate of drug-likeness (QED) is 0.651. The standard InChI is InChI=1S/C24H33N3O2/c1-18(2)27-15-20(23-6-4-5-7-24(23)27)14-25-11-12-26(21(16-25)10-13-28)17-22-9-8-19(3)29-22/h4-9,15,18,21,28H,10-14,16-17H2,1-3H3/t21-/m1/s1. The van der Waals surface area contributed by atoms with Crippen LogP contribution in [0.15, 0.2) is 47.0 Å². The van der Waals surface area contributed by atoms with Crippen molar-refractivity contribution in [2.24, 2.45) is 0 Å². The number of hydrogen-bond donors (Lipinski definition) is 1. The van der Waals surface area contributed by atoms with Crippen LogP contribution in [0.2, 0.25) is 0 Å². The molecule has 29 heavy (non-hydrogen) atoms. The first kappa shape index (κ1) is 20.2.